The molecule has 1 rings (SSSR count). The van der Waals surface area contributed by atoms with E-state index in [2.05, 4.69) is 68.5 Å². The minimum absolute atomic E-state index is 0.638. The monoisotopic (exact) mass is 358 g/mol. The van der Waals surface area contributed by atoms with Gasteiger partial charge < -0.3 is 0 Å². The molecule has 0 unspecified atom stereocenters. The summed E-state index contributed by atoms with van der Waals surface area (Å²) in [5.41, 5.74) is 4.50. The highest BCUT2D eigenvalue weighted by atomic mass is 127. The van der Waals surface area contributed by atoms with E-state index in [4.69, 9.17) is 0 Å². The van der Waals surface area contributed by atoms with Crippen LogP contribution in [-0.4, -0.2) is 4.43 Å². The predicted octanol–water partition coefficient (Wildman–Crippen LogP) is 5.90. The van der Waals surface area contributed by atoms with Crippen LogP contribution in [-0.2, 0) is 6.42 Å². The van der Waals surface area contributed by atoms with Crippen LogP contribution in [0.2, 0.25) is 0 Å². The van der Waals surface area contributed by atoms with Gasteiger partial charge in [0, 0.05) is 0 Å². The topological polar surface area (TPSA) is 0 Å². The maximum Gasteiger partial charge on any atom is -0.000462 e. The minimum Gasteiger partial charge on any atom is -0.0864 e. The minimum atomic E-state index is 0.638. The molecule has 0 heterocycles. The third kappa shape index (κ3) is 4.91. The Morgan fingerprint density at radius 1 is 1.22 bits per heavy atom. The van der Waals surface area contributed by atoms with E-state index in [9.17, 15) is 0 Å². The van der Waals surface area contributed by atoms with Crippen LogP contribution in [0.5, 0.6) is 0 Å². The van der Waals surface area contributed by atoms with Gasteiger partial charge in [0.25, 0.3) is 0 Å². The Kier molecular flexibility index (Phi) is 7.28. The molecule has 0 aliphatic heterocycles. The van der Waals surface area contributed by atoms with E-state index < -0.39 is 0 Å². The molecule has 0 N–H and O–H groups in total. The lowest BCUT2D eigenvalue weighted by Gasteiger charge is -2.17. The van der Waals surface area contributed by atoms with Crippen molar-refractivity contribution in [1.82, 2.24) is 0 Å². The Labute approximate surface area is 127 Å². The van der Waals surface area contributed by atoms with E-state index in [-0.39, 0.29) is 0 Å². The van der Waals surface area contributed by atoms with E-state index in [1.807, 2.05) is 0 Å². The highest BCUT2D eigenvalue weighted by Gasteiger charge is 2.10. The quantitative estimate of drug-likeness (QED) is 0.420. The largest absolute Gasteiger partial charge is 0.0864 e. The smallest absolute Gasteiger partial charge is 0.000462 e. The highest BCUT2D eigenvalue weighted by molar-refractivity contribution is 14.1. The van der Waals surface area contributed by atoms with Crippen molar-refractivity contribution < 1.29 is 0 Å². The molecule has 0 aliphatic carbocycles. The fourth-order valence-corrected chi connectivity index (χ4v) is 2.87. The number of halogens is 1. The van der Waals surface area contributed by atoms with Gasteiger partial charge in [0.1, 0.15) is 0 Å². The summed E-state index contributed by atoms with van der Waals surface area (Å²) >= 11 is 2.49. The molecule has 1 aromatic carbocycles. The van der Waals surface area contributed by atoms with Gasteiger partial charge in [-0.15, -0.1) is 0 Å². The average Bonchev–Trinajstić information content (AvgIpc) is 2.35. The van der Waals surface area contributed by atoms with Crippen molar-refractivity contribution in [3.05, 3.63) is 34.9 Å². The molecule has 0 aliphatic rings. The van der Waals surface area contributed by atoms with Crippen LogP contribution >= 0.6 is 22.6 Å². The Morgan fingerprint density at radius 3 is 2.44 bits per heavy atom. The molecular formula is C17H27I. The van der Waals surface area contributed by atoms with Crippen molar-refractivity contribution in [3.63, 3.8) is 0 Å². The first-order valence-electron chi connectivity index (χ1n) is 7.23. The highest BCUT2D eigenvalue weighted by Crippen LogP contribution is 2.23. The van der Waals surface area contributed by atoms with Crippen LogP contribution in [0, 0.1) is 12.8 Å². The van der Waals surface area contributed by atoms with Gasteiger partial charge in [-0.05, 0) is 59.1 Å². The Bertz CT molecular complexity index is 355. The first-order chi connectivity index (χ1) is 8.58. The molecule has 1 heteroatoms. The first-order valence-corrected chi connectivity index (χ1v) is 8.76. The third-order valence-corrected chi connectivity index (χ3v) is 4.63. The molecule has 0 spiro atoms. The van der Waals surface area contributed by atoms with Gasteiger partial charge >= 0.3 is 0 Å². The maximum absolute atomic E-state index is 2.49. The number of benzene rings is 1. The summed E-state index contributed by atoms with van der Waals surface area (Å²) < 4.78 is 1.29. The maximum atomic E-state index is 2.49. The van der Waals surface area contributed by atoms with Crippen molar-refractivity contribution in [2.45, 2.75) is 59.3 Å². The molecule has 0 radical (unpaired) electrons. The molecule has 0 saturated carbocycles. The zero-order valence-electron chi connectivity index (χ0n) is 12.3. The molecule has 102 valence electrons. The zero-order chi connectivity index (χ0) is 13.5. The molecule has 0 saturated heterocycles. The summed E-state index contributed by atoms with van der Waals surface area (Å²) in [6, 6.07) is 7.06. The normalized spacial score (nSPS) is 13.0. The fourth-order valence-electron chi connectivity index (χ4n) is 2.43. The Balaban J connectivity index is 2.71. The Hall–Kier alpha value is -0.0500. The van der Waals surface area contributed by atoms with Gasteiger partial charge in [0.05, 0.1) is 0 Å². The molecule has 0 aromatic heterocycles. The molecule has 0 nitrogen and oxygen atoms in total. The van der Waals surface area contributed by atoms with E-state index in [1.165, 1.54) is 41.2 Å². The lowest BCUT2D eigenvalue weighted by Crippen LogP contribution is -2.05. The van der Waals surface area contributed by atoms with Gasteiger partial charge in [-0.1, -0.05) is 68.0 Å². The van der Waals surface area contributed by atoms with Crippen molar-refractivity contribution in [3.8, 4) is 0 Å². The van der Waals surface area contributed by atoms with Gasteiger partial charge in [0.2, 0.25) is 0 Å². The SMILES string of the molecule is CC[C@H](CCCI)Cc1ccc(C(C)C)cc1C. The molecular weight excluding hydrogens is 331 g/mol. The van der Waals surface area contributed by atoms with Crippen molar-refractivity contribution in [1.29, 1.82) is 0 Å². The van der Waals surface area contributed by atoms with Crippen molar-refractivity contribution in [2.24, 2.45) is 5.92 Å². The molecule has 1 aromatic rings. The summed E-state index contributed by atoms with van der Waals surface area (Å²) in [5, 5.41) is 0. The predicted molar refractivity (Wildman–Crippen MR) is 90.9 cm³/mol. The summed E-state index contributed by atoms with van der Waals surface area (Å²) in [4.78, 5) is 0. The standard InChI is InChI=1S/C17H27I/c1-5-15(7-6-10-18)12-17-9-8-16(13(2)3)11-14(17)4/h8-9,11,13,15H,5-7,10,12H2,1-4H3/t15-/m1/s1. The van der Waals surface area contributed by atoms with Gasteiger partial charge in [-0.25, -0.2) is 0 Å². The van der Waals surface area contributed by atoms with Crippen LogP contribution in [0.15, 0.2) is 18.2 Å². The molecule has 0 amide bonds. The van der Waals surface area contributed by atoms with Crippen LogP contribution in [0.3, 0.4) is 0 Å². The average molecular weight is 358 g/mol. The van der Waals surface area contributed by atoms with Gasteiger partial charge in [-0.2, -0.15) is 0 Å². The zero-order valence-corrected chi connectivity index (χ0v) is 14.5. The second-order valence-electron chi connectivity index (χ2n) is 5.65. The number of alkyl halides is 1. The second-order valence-corrected chi connectivity index (χ2v) is 6.73. The summed E-state index contributed by atoms with van der Waals surface area (Å²) in [6.07, 6.45) is 5.31. The first kappa shape index (κ1) is 16.0. The van der Waals surface area contributed by atoms with Crippen LogP contribution in [0.4, 0.5) is 0 Å². The van der Waals surface area contributed by atoms with Crippen LogP contribution < -0.4 is 0 Å². The van der Waals surface area contributed by atoms with E-state index in [0.717, 1.165) is 5.92 Å². The summed E-state index contributed by atoms with van der Waals surface area (Å²) in [5.74, 6) is 1.50. The molecule has 0 bridgehead atoms. The number of hydrogen-bond acceptors (Lipinski definition) is 0. The third-order valence-electron chi connectivity index (χ3n) is 3.87. The number of aryl methyl sites for hydroxylation is 1. The lowest BCUT2D eigenvalue weighted by molar-refractivity contribution is 0.464. The van der Waals surface area contributed by atoms with Gasteiger partial charge in [0.15, 0.2) is 0 Å². The van der Waals surface area contributed by atoms with Crippen molar-refractivity contribution in [2.75, 3.05) is 4.43 Å². The van der Waals surface area contributed by atoms with E-state index in [0.29, 0.717) is 5.92 Å². The second kappa shape index (κ2) is 8.19. The Morgan fingerprint density at radius 2 is 1.94 bits per heavy atom. The van der Waals surface area contributed by atoms with Gasteiger partial charge in [-0.3, -0.25) is 0 Å². The number of hydrogen-bond donors (Lipinski definition) is 0. The van der Waals surface area contributed by atoms with E-state index in [1.54, 1.807) is 5.56 Å². The summed E-state index contributed by atoms with van der Waals surface area (Å²) in [6.45, 7) is 9.13. The van der Waals surface area contributed by atoms with Crippen molar-refractivity contribution >= 4 is 22.6 Å². The molecule has 1 atom stereocenters. The summed E-state index contributed by atoms with van der Waals surface area (Å²) in [7, 11) is 0. The lowest BCUT2D eigenvalue weighted by atomic mass is 9.89. The molecule has 18 heavy (non-hydrogen) atoms. The van der Waals surface area contributed by atoms with Crippen LogP contribution in [0.25, 0.3) is 0 Å². The van der Waals surface area contributed by atoms with Crippen LogP contribution in [0.1, 0.15) is 62.6 Å². The number of rotatable bonds is 7. The van der Waals surface area contributed by atoms with E-state index >= 15 is 0 Å². The molecule has 0 fully saturated rings. The fraction of sp³-hybridized carbons (Fsp3) is 0.647.